The number of nitrogens with zero attached hydrogens (tertiary/aromatic N) is 3. The number of aromatic nitrogens is 3. The average molecular weight is 800 g/mol. The zero-order valence-corrected chi connectivity index (χ0v) is 34.0. The van der Waals surface area contributed by atoms with Gasteiger partial charge in [-0.3, -0.25) is 0 Å². The van der Waals surface area contributed by atoms with Crippen molar-refractivity contribution in [2.24, 2.45) is 0 Å². The summed E-state index contributed by atoms with van der Waals surface area (Å²) >= 11 is 0. The average Bonchev–Trinajstić information content (AvgIpc) is 3.79. The second-order valence-electron chi connectivity index (χ2n) is 15.3. The highest BCUT2D eigenvalue weighted by Gasteiger charge is 2.30. The number of benzene rings is 9. The van der Waals surface area contributed by atoms with Crippen LogP contribution >= 0.6 is 7.14 Å². The number of pyridine rings is 1. The molecule has 0 spiro atoms. The first-order valence-electron chi connectivity index (χ1n) is 20.5. The van der Waals surface area contributed by atoms with Crippen molar-refractivity contribution in [1.82, 2.24) is 14.6 Å². The smallest absolute Gasteiger partial charge is 0.182 e. The van der Waals surface area contributed by atoms with Gasteiger partial charge in [-0.15, -0.1) is 5.10 Å². The fraction of sp³-hybridized carbons (Fsp3) is 0. The Morgan fingerprint density at radius 3 is 1.36 bits per heavy atom. The first kappa shape index (κ1) is 36.4. The quantitative estimate of drug-likeness (QED) is 0.114. The molecule has 0 unspecified atom stereocenters. The van der Waals surface area contributed by atoms with E-state index in [4.69, 9.17) is 10.1 Å². The van der Waals surface area contributed by atoms with Crippen LogP contribution in [0.15, 0.2) is 231 Å². The van der Waals surface area contributed by atoms with E-state index in [0.717, 1.165) is 93.2 Å². The van der Waals surface area contributed by atoms with Gasteiger partial charge < -0.3 is 4.57 Å². The molecule has 288 valence electrons. The van der Waals surface area contributed by atoms with Crippen molar-refractivity contribution in [3.05, 3.63) is 231 Å². The van der Waals surface area contributed by atoms with Gasteiger partial charge >= 0.3 is 0 Å². The lowest BCUT2D eigenvalue weighted by Crippen LogP contribution is -2.24. The lowest BCUT2D eigenvalue weighted by molar-refractivity contribution is 0.592. The number of hydrogen-bond donors (Lipinski definition) is 0. The minimum Gasteiger partial charge on any atom is -0.309 e. The molecule has 0 aliphatic rings. The molecule has 0 saturated carbocycles. The van der Waals surface area contributed by atoms with Crippen LogP contribution < -0.4 is 15.9 Å². The van der Waals surface area contributed by atoms with Gasteiger partial charge in [0.25, 0.3) is 0 Å². The van der Waals surface area contributed by atoms with Crippen molar-refractivity contribution in [3.63, 3.8) is 0 Å². The van der Waals surface area contributed by atoms with Crippen molar-refractivity contribution in [3.8, 4) is 55.9 Å². The van der Waals surface area contributed by atoms with E-state index < -0.39 is 7.14 Å². The predicted molar refractivity (Wildman–Crippen MR) is 255 cm³/mol. The van der Waals surface area contributed by atoms with Crippen molar-refractivity contribution in [2.45, 2.75) is 0 Å². The minimum atomic E-state index is -3.12. The highest BCUT2D eigenvalue weighted by Crippen LogP contribution is 2.46. The molecule has 0 N–H and O–H groups in total. The van der Waals surface area contributed by atoms with Gasteiger partial charge in [-0.2, -0.15) is 0 Å². The fourth-order valence-electron chi connectivity index (χ4n) is 8.85. The van der Waals surface area contributed by atoms with E-state index in [1.165, 1.54) is 0 Å². The molecule has 0 saturated heterocycles. The molecule has 0 fully saturated rings. The molecule has 0 amide bonds. The zero-order valence-electron chi connectivity index (χ0n) is 33.1. The molecule has 2 aromatic heterocycles. The van der Waals surface area contributed by atoms with E-state index in [-0.39, 0.29) is 0 Å². The first-order chi connectivity index (χ1) is 30.1. The summed E-state index contributed by atoms with van der Waals surface area (Å²) in [7, 11) is -3.12. The Hall–Kier alpha value is -7.65. The maximum atomic E-state index is 15.2. The summed E-state index contributed by atoms with van der Waals surface area (Å²) in [5.41, 5.74) is 10.5. The van der Waals surface area contributed by atoms with Crippen molar-refractivity contribution in [2.75, 3.05) is 0 Å². The molecule has 9 aromatic carbocycles. The summed E-state index contributed by atoms with van der Waals surface area (Å²) in [6.45, 7) is 0. The first-order valence-corrected chi connectivity index (χ1v) is 22.2. The number of rotatable bonds is 8. The van der Waals surface area contributed by atoms with Crippen LogP contribution in [0.4, 0.5) is 0 Å². The van der Waals surface area contributed by atoms with Gasteiger partial charge in [0.2, 0.25) is 0 Å². The maximum absolute atomic E-state index is 15.2. The van der Waals surface area contributed by atoms with E-state index >= 15 is 4.57 Å². The lowest BCUT2D eigenvalue weighted by Gasteiger charge is -2.21. The molecule has 0 radical (unpaired) electrons. The van der Waals surface area contributed by atoms with Crippen molar-refractivity contribution < 1.29 is 4.57 Å². The van der Waals surface area contributed by atoms with Gasteiger partial charge in [-0.05, 0) is 67.1 Å². The Balaban J connectivity index is 1.05. The van der Waals surface area contributed by atoms with Gasteiger partial charge in [0, 0.05) is 38.8 Å². The molecule has 0 aliphatic heterocycles. The van der Waals surface area contributed by atoms with Crippen LogP contribution in [0.25, 0.3) is 83.1 Å². The minimum absolute atomic E-state index is 0.665. The molecule has 4 nitrogen and oxygen atoms in total. The second-order valence-corrected chi connectivity index (χ2v) is 18.1. The number of fused-ring (bicyclic) bond motifs is 3. The van der Waals surface area contributed by atoms with Crippen LogP contribution in [0.2, 0.25) is 0 Å². The van der Waals surface area contributed by atoms with Crippen LogP contribution in [0.1, 0.15) is 0 Å². The van der Waals surface area contributed by atoms with E-state index in [1.54, 1.807) is 0 Å². The van der Waals surface area contributed by atoms with Crippen molar-refractivity contribution >= 4 is 50.2 Å². The summed E-state index contributed by atoms with van der Waals surface area (Å²) < 4.78 is 17.1. The Bertz CT molecular complexity index is 3320. The molecule has 0 atom stereocenters. The van der Waals surface area contributed by atoms with Crippen LogP contribution in [0.5, 0.6) is 0 Å². The van der Waals surface area contributed by atoms with Crippen LogP contribution in [0.3, 0.4) is 0 Å². The molecule has 11 aromatic rings. The van der Waals surface area contributed by atoms with Gasteiger partial charge in [-0.25, -0.2) is 9.50 Å². The SMILES string of the molecule is O=P(c1ccccc1)(c1ccccc1)c1ccc(-c2c3ccccc3c(-c3cccc(-c4nc5c(-c6ccccc6)cc(-c6ccccc6)cn5n4)c3)c3ccccc23)cc1. The molecule has 11 rings (SSSR count). The van der Waals surface area contributed by atoms with Crippen molar-refractivity contribution in [1.29, 1.82) is 0 Å². The van der Waals surface area contributed by atoms with E-state index in [2.05, 4.69) is 158 Å². The van der Waals surface area contributed by atoms with E-state index in [0.29, 0.717) is 5.82 Å². The summed E-state index contributed by atoms with van der Waals surface area (Å²) in [5, 5.41) is 12.2. The Morgan fingerprint density at radius 1 is 0.361 bits per heavy atom. The molecule has 0 bridgehead atoms. The second kappa shape index (κ2) is 15.2. The third kappa shape index (κ3) is 6.37. The third-order valence-electron chi connectivity index (χ3n) is 11.7. The molecule has 2 heterocycles. The zero-order chi connectivity index (χ0) is 40.8. The topological polar surface area (TPSA) is 47.3 Å². The monoisotopic (exact) mass is 799 g/mol. The predicted octanol–water partition coefficient (Wildman–Crippen LogP) is 13.0. The standard InChI is InChI=1S/C56H38N3OP/c60-61(45-24-9-3-10-25-45,46-26-11-4-12-27-46)47-34-32-41(33-35-47)53-48-28-13-15-30-50(48)54(51-31-16-14-29-49(51)53)42-22-17-23-43(36-42)55-57-56-52(40-20-7-2-8-21-40)37-44(38-59(56)58-55)39-18-5-1-6-19-39/h1-38H. The van der Waals surface area contributed by atoms with Gasteiger partial charge in [0.05, 0.1) is 0 Å². The third-order valence-corrected chi connectivity index (χ3v) is 14.8. The lowest BCUT2D eigenvalue weighted by atomic mass is 9.86. The Labute approximate surface area is 354 Å². The van der Waals surface area contributed by atoms with E-state index in [9.17, 15) is 0 Å². The summed E-state index contributed by atoms with van der Waals surface area (Å²) in [4.78, 5) is 5.20. The normalized spacial score (nSPS) is 11.7. The van der Waals surface area contributed by atoms with Crippen LogP contribution in [-0.4, -0.2) is 14.6 Å². The largest absolute Gasteiger partial charge is 0.309 e. The van der Waals surface area contributed by atoms with Gasteiger partial charge in [0.1, 0.15) is 0 Å². The molecule has 0 aliphatic carbocycles. The molecule has 5 heteroatoms. The van der Waals surface area contributed by atoms with Gasteiger partial charge in [0.15, 0.2) is 18.6 Å². The van der Waals surface area contributed by atoms with Crippen LogP contribution in [0, 0.1) is 0 Å². The van der Waals surface area contributed by atoms with E-state index in [1.807, 2.05) is 77.3 Å². The van der Waals surface area contributed by atoms with Gasteiger partial charge in [-0.1, -0.05) is 212 Å². The Kier molecular flexibility index (Phi) is 9.07. The fourth-order valence-corrected chi connectivity index (χ4v) is 11.5. The van der Waals surface area contributed by atoms with Crippen LogP contribution in [-0.2, 0) is 4.57 Å². The molecular formula is C56H38N3OP. The summed E-state index contributed by atoms with van der Waals surface area (Å²) in [6, 6.07) is 77.1. The highest BCUT2D eigenvalue weighted by molar-refractivity contribution is 7.85. The Morgan fingerprint density at radius 2 is 0.803 bits per heavy atom. The number of hydrogen-bond acceptors (Lipinski definition) is 3. The molecule has 61 heavy (non-hydrogen) atoms. The highest BCUT2D eigenvalue weighted by atomic mass is 31.2. The summed E-state index contributed by atoms with van der Waals surface area (Å²) in [6.07, 6.45) is 2.08. The maximum Gasteiger partial charge on any atom is 0.182 e. The summed E-state index contributed by atoms with van der Waals surface area (Å²) in [5.74, 6) is 0.665. The molecular weight excluding hydrogens is 762 g/mol.